The molecule has 0 spiro atoms. The Kier molecular flexibility index (Phi) is 4.46. The zero-order chi connectivity index (χ0) is 14.9. The molecule has 2 rings (SSSR count). The fourth-order valence-corrected chi connectivity index (χ4v) is 4.85. The molecule has 0 radical (unpaired) electrons. The van der Waals surface area contributed by atoms with Crippen LogP contribution in [0.4, 0.5) is 4.39 Å². The fourth-order valence-electron chi connectivity index (χ4n) is 2.90. The number of rotatable bonds is 4. The topological polar surface area (TPSA) is 49.4 Å². The van der Waals surface area contributed by atoms with Crippen LogP contribution in [0.1, 0.15) is 17.5 Å². The van der Waals surface area contributed by atoms with Crippen LogP contribution in [0.3, 0.4) is 0 Å². The molecular formula is C14H21FN2O2S. The number of nitrogens with zero attached hydrogens (tertiary/aromatic N) is 1. The van der Waals surface area contributed by atoms with Crippen molar-refractivity contribution >= 4 is 10.0 Å². The van der Waals surface area contributed by atoms with Crippen molar-refractivity contribution in [2.75, 3.05) is 26.7 Å². The third kappa shape index (κ3) is 2.87. The second-order valence-corrected chi connectivity index (χ2v) is 7.32. The summed E-state index contributed by atoms with van der Waals surface area (Å²) in [6, 6.07) is 2.56. The van der Waals surface area contributed by atoms with Gasteiger partial charge in [0.2, 0.25) is 10.0 Å². The lowest BCUT2D eigenvalue weighted by molar-refractivity contribution is 0.450. The van der Waals surface area contributed by atoms with Gasteiger partial charge in [0.25, 0.3) is 0 Å². The summed E-state index contributed by atoms with van der Waals surface area (Å²) in [5, 5.41) is 3.08. The van der Waals surface area contributed by atoms with Crippen LogP contribution >= 0.6 is 0 Å². The van der Waals surface area contributed by atoms with Crippen molar-refractivity contribution in [1.82, 2.24) is 9.62 Å². The van der Waals surface area contributed by atoms with Gasteiger partial charge in [0.1, 0.15) is 5.82 Å². The molecule has 4 nitrogen and oxygen atoms in total. The molecule has 1 saturated heterocycles. The molecule has 1 unspecified atom stereocenters. The van der Waals surface area contributed by atoms with E-state index < -0.39 is 15.8 Å². The van der Waals surface area contributed by atoms with E-state index in [1.165, 1.54) is 16.4 Å². The molecule has 112 valence electrons. The summed E-state index contributed by atoms with van der Waals surface area (Å²) >= 11 is 0. The van der Waals surface area contributed by atoms with Crippen LogP contribution in [-0.4, -0.2) is 39.4 Å². The normalized spacial score (nSPS) is 20.5. The zero-order valence-corrected chi connectivity index (χ0v) is 12.9. The average Bonchev–Trinajstić information content (AvgIpc) is 2.76. The van der Waals surface area contributed by atoms with E-state index in [0.717, 1.165) is 13.0 Å². The Balaban J connectivity index is 2.33. The smallest absolute Gasteiger partial charge is 0.243 e. The summed E-state index contributed by atoms with van der Waals surface area (Å²) in [5.74, 6) is -0.0516. The van der Waals surface area contributed by atoms with Gasteiger partial charge in [0.05, 0.1) is 4.90 Å². The van der Waals surface area contributed by atoms with Gasteiger partial charge in [-0.25, -0.2) is 12.8 Å². The highest BCUT2D eigenvalue weighted by atomic mass is 32.2. The maximum absolute atomic E-state index is 13.3. The number of sulfonamides is 1. The van der Waals surface area contributed by atoms with Crippen LogP contribution in [0, 0.1) is 25.6 Å². The largest absolute Gasteiger partial charge is 0.319 e. The van der Waals surface area contributed by atoms with Gasteiger partial charge in [-0.3, -0.25) is 0 Å². The predicted molar refractivity (Wildman–Crippen MR) is 76.7 cm³/mol. The summed E-state index contributed by atoms with van der Waals surface area (Å²) in [6.45, 7) is 5.16. The number of aryl methyl sites for hydroxylation is 2. The minimum atomic E-state index is -3.53. The minimum Gasteiger partial charge on any atom is -0.319 e. The maximum atomic E-state index is 13.3. The van der Waals surface area contributed by atoms with E-state index in [4.69, 9.17) is 0 Å². The Morgan fingerprint density at radius 3 is 2.50 bits per heavy atom. The van der Waals surface area contributed by atoms with Gasteiger partial charge >= 0.3 is 0 Å². The van der Waals surface area contributed by atoms with E-state index >= 15 is 0 Å². The highest BCUT2D eigenvalue weighted by Crippen LogP contribution is 2.28. The Bertz CT molecular complexity index is 578. The fraction of sp³-hybridized carbons (Fsp3) is 0.571. The predicted octanol–water partition coefficient (Wildman–Crippen LogP) is 1.67. The number of hydrogen-bond acceptors (Lipinski definition) is 3. The molecule has 1 heterocycles. The quantitative estimate of drug-likeness (QED) is 0.920. The third-order valence-electron chi connectivity index (χ3n) is 3.76. The second-order valence-electron chi connectivity index (χ2n) is 5.44. The highest BCUT2D eigenvalue weighted by Gasteiger charge is 2.34. The number of hydrogen-bond donors (Lipinski definition) is 1. The molecule has 0 aliphatic carbocycles. The highest BCUT2D eigenvalue weighted by molar-refractivity contribution is 7.89. The number of halogens is 1. The first kappa shape index (κ1) is 15.4. The van der Waals surface area contributed by atoms with Gasteiger partial charge < -0.3 is 5.32 Å². The maximum Gasteiger partial charge on any atom is 0.243 e. The first-order valence-electron chi connectivity index (χ1n) is 6.77. The van der Waals surface area contributed by atoms with Crippen LogP contribution in [0.15, 0.2) is 17.0 Å². The molecule has 1 aliphatic heterocycles. The van der Waals surface area contributed by atoms with E-state index in [9.17, 15) is 12.8 Å². The van der Waals surface area contributed by atoms with Gasteiger partial charge in [-0.15, -0.1) is 0 Å². The van der Waals surface area contributed by atoms with E-state index in [1.807, 2.05) is 7.05 Å². The van der Waals surface area contributed by atoms with E-state index in [2.05, 4.69) is 5.32 Å². The molecule has 1 fully saturated rings. The van der Waals surface area contributed by atoms with E-state index in [-0.39, 0.29) is 4.90 Å². The second kappa shape index (κ2) is 5.79. The standard InChI is InChI=1S/C14H21FN2O2S/c1-10-6-13(15)7-11(2)14(10)20(18,19)17-5-4-12(9-17)8-16-3/h6-7,12,16H,4-5,8-9H2,1-3H3. The molecule has 0 aromatic heterocycles. The van der Waals surface area contributed by atoms with Crippen molar-refractivity contribution in [2.45, 2.75) is 25.2 Å². The van der Waals surface area contributed by atoms with Crippen molar-refractivity contribution in [3.63, 3.8) is 0 Å². The van der Waals surface area contributed by atoms with Crippen molar-refractivity contribution < 1.29 is 12.8 Å². The number of benzene rings is 1. The van der Waals surface area contributed by atoms with Crippen molar-refractivity contribution in [3.8, 4) is 0 Å². The summed E-state index contributed by atoms with van der Waals surface area (Å²) in [5.41, 5.74) is 0.944. The van der Waals surface area contributed by atoms with Crippen LogP contribution < -0.4 is 5.32 Å². The first-order chi connectivity index (χ1) is 9.36. The summed E-state index contributed by atoms with van der Waals surface area (Å²) in [7, 11) is -1.66. The molecule has 1 aromatic rings. The van der Waals surface area contributed by atoms with E-state index in [0.29, 0.717) is 30.1 Å². The molecule has 1 N–H and O–H groups in total. The lowest BCUT2D eigenvalue weighted by Crippen LogP contribution is -2.31. The van der Waals surface area contributed by atoms with Gasteiger partial charge in [-0.1, -0.05) is 0 Å². The Morgan fingerprint density at radius 1 is 1.35 bits per heavy atom. The lowest BCUT2D eigenvalue weighted by atomic mass is 10.1. The van der Waals surface area contributed by atoms with Gasteiger partial charge in [0.15, 0.2) is 0 Å². The summed E-state index contributed by atoms with van der Waals surface area (Å²) in [6.07, 6.45) is 0.860. The monoisotopic (exact) mass is 300 g/mol. The molecular weight excluding hydrogens is 279 g/mol. The molecule has 1 atom stereocenters. The molecule has 0 saturated carbocycles. The van der Waals surface area contributed by atoms with Gasteiger partial charge in [-0.2, -0.15) is 4.31 Å². The summed E-state index contributed by atoms with van der Waals surface area (Å²) < 4.78 is 40.3. The molecule has 0 bridgehead atoms. The molecule has 1 aromatic carbocycles. The molecule has 20 heavy (non-hydrogen) atoms. The van der Waals surface area contributed by atoms with Crippen LogP contribution in [-0.2, 0) is 10.0 Å². The third-order valence-corrected chi connectivity index (χ3v) is 5.94. The Hall–Kier alpha value is -0.980. The zero-order valence-electron chi connectivity index (χ0n) is 12.1. The molecule has 0 amide bonds. The lowest BCUT2D eigenvalue weighted by Gasteiger charge is -2.19. The molecule has 6 heteroatoms. The van der Waals surface area contributed by atoms with Crippen LogP contribution in [0.2, 0.25) is 0 Å². The Labute approximate surface area is 120 Å². The average molecular weight is 300 g/mol. The first-order valence-corrected chi connectivity index (χ1v) is 8.21. The minimum absolute atomic E-state index is 0.254. The van der Waals surface area contributed by atoms with Gasteiger partial charge in [0, 0.05) is 13.1 Å². The Morgan fingerprint density at radius 2 is 1.95 bits per heavy atom. The summed E-state index contributed by atoms with van der Waals surface area (Å²) in [4.78, 5) is 0.254. The van der Waals surface area contributed by atoms with Crippen LogP contribution in [0.25, 0.3) is 0 Å². The SMILES string of the molecule is CNCC1CCN(S(=O)(=O)c2c(C)cc(F)cc2C)C1. The van der Waals surface area contributed by atoms with Crippen molar-refractivity contribution in [3.05, 3.63) is 29.1 Å². The molecule has 1 aliphatic rings. The van der Waals surface area contributed by atoms with E-state index in [1.54, 1.807) is 13.8 Å². The number of nitrogens with one attached hydrogen (secondary N) is 1. The van der Waals surface area contributed by atoms with Crippen molar-refractivity contribution in [1.29, 1.82) is 0 Å². The van der Waals surface area contributed by atoms with Crippen molar-refractivity contribution in [2.24, 2.45) is 5.92 Å². The van der Waals surface area contributed by atoms with Crippen LogP contribution in [0.5, 0.6) is 0 Å². The van der Waals surface area contributed by atoms with Gasteiger partial charge in [-0.05, 0) is 63.0 Å².